The van der Waals surface area contributed by atoms with Gasteiger partial charge in [0.15, 0.2) is 0 Å². The molecule has 3 N–H and O–H groups in total. The summed E-state index contributed by atoms with van der Waals surface area (Å²) < 4.78 is 0. The molecule has 17 heavy (non-hydrogen) atoms. The van der Waals surface area contributed by atoms with Crippen molar-refractivity contribution in [1.29, 1.82) is 0 Å². The summed E-state index contributed by atoms with van der Waals surface area (Å²) in [6, 6.07) is 0.878. The molecule has 1 saturated heterocycles. The summed E-state index contributed by atoms with van der Waals surface area (Å²) >= 11 is 0. The van der Waals surface area contributed by atoms with Crippen molar-refractivity contribution >= 4 is 5.91 Å². The van der Waals surface area contributed by atoms with Crippen LogP contribution in [0, 0.1) is 0 Å². The number of piperazine rings is 1. The standard InChI is InChI=1S/C12H24N4O/c1-15-6-7-16(11(8-13)9-15)5-4-12(17)14-10-2-3-10/h10-11H,2-9,13H2,1H3,(H,14,17). The van der Waals surface area contributed by atoms with E-state index >= 15 is 0 Å². The Labute approximate surface area is 103 Å². The second-order valence-electron chi connectivity index (χ2n) is 5.28. The zero-order valence-electron chi connectivity index (χ0n) is 10.7. The first-order chi connectivity index (χ1) is 8.19. The van der Waals surface area contributed by atoms with Crippen molar-refractivity contribution in [2.45, 2.75) is 31.3 Å². The molecular weight excluding hydrogens is 216 g/mol. The van der Waals surface area contributed by atoms with Gasteiger partial charge in [-0.05, 0) is 19.9 Å². The summed E-state index contributed by atoms with van der Waals surface area (Å²) in [6.07, 6.45) is 2.92. The highest BCUT2D eigenvalue weighted by atomic mass is 16.1. The van der Waals surface area contributed by atoms with E-state index in [2.05, 4.69) is 22.2 Å². The Balaban J connectivity index is 1.70. The fourth-order valence-corrected chi connectivity index (χ4v) is 2.34. The molecular formula is C12H24N4O. The molecule has 2 aliphatic rings. The molecule has 1 atom stereocenters. The van der Waals surface area contributed by atoms with Gasteiger partial charge in [-0.25, -0.2) is 0 Å². The summed E-state index contributed by atoms with van der Waals surface area (Å²) in [5.74, 6) is 0.196. The Morgan fingerprint density at radius 3 is 2.82 bits per heavy atom. The largest absolute Gasteiger partial charge is 0.353 e. The number of hydrogen-bond donors (Lipinski definition) is 2. The van der Waals surface area contributed by atoms with Crippen molar-refractivity contribution in [2.75, 3.05) is 39.8 Å². The molecule has 0 aromatic carbocycles. The molecule has 5 nitrogen and oxygen atoms in total. The van der Waals surface area contributed by atoms with E-state index in [1.807, 2.05) is 0 Å². The van der Waals surface area contributed by atoms with E-state index in [0.717, 1.165) is 39.0 Å². The molecule has 1 saturated carbocycles. The minimum absolute atomic E-state index is 0.196. The number of carbonyl (C=O) groups excluding carboxylic acids is 1. The number of nitrogens with two attached hydrogens (primary N) is 1. The average Bonchev–Trinajstić information content (AvgIpc) is 3.11. The second-order valence-corrected chi connectivity index (χ2v) is 5.28. The van der Waals surface area contributed by atoms with Gasteiger partial charge in [0.1, 0.15) is 0 Å². The molecule has 1 unspecified atom stereocenters. The number of likely N-dealkylation sites (N-methyl/N-ethyl adjacent to an activating group) is 1. The summed E-state index contributed by atoms with van der Waals surface area (Å²) in [4.78, 5) is 16.3. The molecule has 1 heterocycles. The first-order valence-corrected chi connectivity index (χ1v) is 6.61. The van der Waals surface area contributed by atoms with Gasteiger partial charge in [0.2, 0.25) is 5.91 Å². The number of rotatable bonds is 5. The maximum atomic E-state index is 11.6. The predicted octanol–water partition coefficient (Wildman–Crippen LogP) is -0.770. The monoisotopic (exact) mass is 240 g/mol. The number of nitrogens with one attached hydrogen (secondary N) is 1. The topological polar surface area (TPSA) is 61.6 Å². The van der Waals surface area contributed by atoms with Gasteiger partial charge >= 0.3 is 0 Å². The van der Waals surface area contributed by atoms with Crippen LogP contribution in [-0.2, 0) is 4.79 Å². The fourth-order valence-electron chi connectivity index (χ4n) is 2.34. The number of carbonyl (C=O) groups is 1. The molecule has 0 spiro atoms. The van der Waals surface area contributed by atoms with Gasteiger partial charge in [0, 0.05) is 51.2 Å². The van der Waals surface area contributed by atoms with E-state index in [9.17, 15) is 4.79 Å². The van der Waals surface area contributed by atoms with E-state index in [1.54, 1.807) is 0 Å². The van der Waals surface area contributed by atoms with Crippen molar-refractivity contribution in [3.8, 4) is 0 Å². The quantitative estimate of drug-likeness (QED) is 0.662. The lowest BCUT2D eigenvalue weighted by Gasteiger charge is -2.39. The van der Waals surface area contributed by atoms with E-state index in [4.69, 9.17) is 5.73 Å². The van der Waals surface area contributed by atoms with Crippen molar-refractivity contribution < 1.29 is 4.79 Å². The minimum atomic E-state index is 0.196. The number of hydrogen-bond acceptors (Lipinski definition) is 4. The Bertz CT molecular complexity index is 267. The zero-order chi connectivity index (χ0) is 12.3. The van der Waals surface area contributed by atoms with Gasteiger partial charge in [-0.15, -0.1) is 0 Å². The van der Waals surface area contributed by atoms with Gasteiger partial charge in [0.05, 0.1) is 0 Å². The van der Waals surface area contributed by atoms with Crippen LogP contribution in [0.15, 0.2) is 0 Å². The van der Waals surface area contributed by atoms with E-state index < -0.39 is 0 Å². The Kier molecular flexibility index (Phi) is 4.36. The minimum Gasteiger partial charge on any atom is -0.353 e. The van der Waals surface area contributed by atoms with Crippen LogP contribution < -0.4 is 11.1 Å². The lowest BCUT2D eigenvalue weighted by Crippen LogP contribution is -2.55. The molecule has 2 rings (SSSR count). The maximum Gasteiger partial charge on any atom is 0.221 e. The molecule has 5 heteroatoms. The molecule has 1 aliphatic heterocycles. The van der Waals surface area contributed by atoms with Gasteiger partial charge in [0.25, 0.3) is 0 Å². The Hall–Kier alpha value is -0.650. The molecule has 1 amide bonds. The molecule has 98 valence electrons. The van der Waals surface area contributed by atoms with Crippen LogP contribution in [0.2, 0.25) is 0 Å². The first kappa shape index (κ1) is 12.8. The summed E-state index contributed by atoms with van der Waals surface area (Å²) in [6.45, 7) is 4.62. The highest BCUT2D eigenvalue weighted by molar-refractivity contribution is 5.76. The third-order valence-electron chi connectivity index (χ3n) is 3.65. The van der Waals surface area contributed by atoms with Crippen LogP contribution >= 0.6 is 0 Å². The molecule has 2 fully saturated rings. The van der Waals surface area contributed by atoms with Crippen LogP contribution in [-0.4, -0.2) is 67.6 Å². The zero-order valence-corrected chi connectivity index (χ0v) is 10.7. The summed E-state index contributed by atoms with van der Waals surface area (Å²) in [7, 11) is 2.12. The first-order valence-electron chi connectivity index (χ1n) is 6.61. The number of nitrogens with zero attached hydrogens (tertiary/aromatic N) is 2. The SMILES string of the molecule is CN1CCN(CCC(=O)NC2CC2)C(CN)C1. The van der Waals surface area contributed by atoms with Crippen molar-refractivity contribution in [3.63, 3.8) is 0 Å². The van der Waals surface area contributed by atoms with Gasteiger partial charge < -0.3 is 16.0 Å². The molecule has 0 aromatic heterocycles. The van der Waals surface area contributed by atoms with E-state index in [-0.39, 0.29) is 5.91 Å². The normalized spacial score (nSPS) is 27.1. The molecule has 0 aromatic rings. The third kappa shape index (κ3) is 3.94. The highest BCUT2D eigenvalue weighted by Gasteiger charge is 2.26. The lowest BCUT2D eigenvalue weighted by molar-refractivity contribution is -0.121. The molecule has 1 aliphatic carbocycles. The third-order valence-corrected chi connectivity index (χ3v) is 3.65. The van der Waals surface area contributed by atoms with Crippen LogP contribution in [0.3, 0.4) is 0 Å². The Morgan fingerprint density at radius 1 is 1.41 bits per heavy atom. The van der Waals surface area contributed by atoms with Crippen LogP contribution in [0.25, 0.3) is 0 Å². The smallest absolute Gasteiger partial charge is 0.221 e. The van der Waals surface area contributed by atoms with Gasteiger partial charge in [-0.1, -0.05) is 0 Å². The van der Waals surface area contributed by atoms with E-state index in [0.29, 0.717) is 25.0 Å². The molecule has 0 bridgehead atoms. The Morgan fingerprint density at radius 2 is 2.18 bits per heavy atom. The summed E-state index contributed by atoms with van der Waals surface area (Å²) in [5, 5.41) is 3.03. The lowest BCUT2D eigenvalue weighted by atomic mass is 10.1. The van der Waals surface area contributed by atoms with Crippen LogP contribution in [0.5, 0.6) is 0 Å². The fraction of sp³-hybridized carbons (Fsp3) is 0.917. The van der Waals surface area contributed by atoms with Gasteiger partial charge in [-0.2, -0.15) is 0 Å². The van der Waals surface area contributed by atoms with E-state index in [1.165, 1.54) is 0 Å². The number of amides is 1. The highest BCUT2D eigenvalue weighted by Crippen LogP contribution is 2.18. The predicted molar refractivity (Wildman–Crippen MR) is 67.7 cm³/mol. The van der Waals surface area contributed by atoms with Crippen molar-refractivity contribution in [1.82, 2.24) is 15.1 Å². The average molecular weight is 240 g/mol. The van der Waals surface area contributed by atoms with Crippen LogP contribution in [0.4, 0.5) is 0 Å². The van der Waals surface area contributed by atoms with Crippen molar-refractivity contribution in [3.05, 3.63) is 0 Å². The maximum absolute atomic E-state index is 11.6. The second kappa shape index (κ2) is 5.80. The molecule has 0 radical (unpaired) electrons. The summed E-state index contributed by atoms with van der Waals surface area (Å²) in [5.41, 5.74) is 5.78. The van der Waals surface area contributed by atoms with Gasteiger partial charge in [-0.3, -0.25) is 9.69 Å². The van der Waals surface area contributed by atoms with Crippen molar-refractivity contribution in [2.24, 2.45) is 5.73 Å². The van der Waals surface area contributed by atoms with Crippen LogP contribution in [0.1, 0.15) is 19.3 Å².